The van der Waals surface area contributed by atoms with E-state index >= 15 is 0 Å². The molecule has 1 saturated carbocycles. The number of benzene rings is 2. The summed E-state index contributed by atoms with van der Waals surface area (Å²) in [5, 5.41) is 10.9. The van der Waals surface area contributed by atoms with E-state index in [4.69, 9.17) is 39.9 Å². The minimum atomic E-state index is -0.736. The molecule has 0 aliphatic heterocycles. The minimum absolute atomic E-state index is 0.0450. The molecule has 35 heavy (non-hydrogen) atoms. The Morgan fingerprint density at radius 2 is 1.66 bits per heavy atom. The van der Waals surface area contributed by atoms with Gasteiger partial charge < -0.3 is 5.11 Å². The third kappa shape index (κ3) is 6.50. The number of fused-ring (bicyclic) bond motifs is 1. The molecule has 0 radical (unpaired) electrons. The van der Waals surface area contributed by atoms with E-state index < -0.39 is 5.97 Å². The number of carbonyl (C=O) groups excluding carboxylic acids is 1. The van der Waals surface area contributed by atoms with Gasteiger partial charge in [0.25, 0.3) is 0 Å². The summed E-state index contributed by atoms with van der Waals surface area (Å²) >= 11 is 19.8. The molecular formula is C29H31Cl3O3. The highest BCUT2D eigenvalue weighted by Gasteiger charge is 2.25. The summed E-state index contributed by atoms with van der Waals surface area (Å²) in [5.74, 6) is 0.0688. The molecule has 2 aliphatic carbocycles. The highest BCUT2D eigenvalue weighted by Crippen LogP contribution is 2.40. The summed E-state index contributed by atoms with van der Waals surface area (Å²) in [5.41, 5.74) is 3.69. The summed E-state index contributed by atoms with van der Waals surface area (Å²) in [6, 6.07) is 9.52. The van der Waals surface area contributed by atoms with Crippen LogP contribution in [0.5, 0.6) is 0 Å². The van der Waals surface area contributed by atoms with E-state index in [1.54, 1.807) is 12.1 Å². The van der Waals surface area contributed by atoms with Gasteiger partial charge in [0.2, 0.25) is 0 Å². The zero-order valence-electron chi connectivity index (χ0n) is 19.7. The lowest BCUT2D eigenvalue weighted by molar-refractivity contribution is -0.138. The van der Waals surface area contributed by atoms with Crippen LogP contribution in [0.3, 0.4) is 0 Å². The van der Waals surface area contributed by atoms with Crippen LogP contribution in [0.15, 0.2) is 36.4 Å². The largest absolute Gasteiger partial charge is 0.481 e. The SMILES string of the molecule is O=C(O)CC1CCCC(CC(=O)c2ccc(Cl)c(CCC3CC=Cc4cccc(Cl)c43)c2Cl)CC1. The Morgan fingerprint density at radius 3 is 2.40 bits per heavy atom. The third-order valence-corrected chi connectivity index (χ3v) is 8.70. The summed E-state index contributed by atoms with van der Waals surface area (Å²) in [6.45, 7) is 0. The second-order valence-corrected chi connectivity index (χ2v) is 11.2. The zero-order valence-corrected chi connectivity index (χ0v) is 22.0. The van der Waals surface area contributed by atoms with Gasteiger partial charge in [0, 0.05) is 28.5 Å². The predicted octanol–water partition coefficient (Wildman–Crippen LogP) is 9.02. The Labute approximate surface area is 222 Å². The van der Waals surface area contributed by atoms with Crippen LogP contribution >= 0.6 is 34.8 Å². The molecule has 2 aromatic carbocycles. The fourth-order valence-electron chi connectivity index (χ4n) is 5.71. The van der Waals surface area contributed by atoms with Gasteiger partial charge >= 0.3 is 5.97 Å². The zero-order chi connectivity index (χ0) is 24.9. The highest BCUT2D eigenvalue weighted by molar-refractivity contribution is 6.38. The minimum Gasteiger partial charge on any atom is -0.481 e. The monoisotopic (exact) mass is 532 g/mol. The second-order valence-electron chi connectivity index (χ2n) is 9.97. The standard InChI is InChI=1S/C29H31Cl3O3/c30-24-15-14-23(26(33)16-18-4-1-5-19(11-10-18)17-27(34)35)29(32)22(24)13-12-21-7-2-6-20-8-3-9-25(31)28(20)21/h2-3,6,8-9,14-15,18-19,21H,1,4-5,7,10-13,16-17H2,(H,34,35). The van der Waals surface area contributed by atoms with Crippen molar-refractivity contribution in [1.29, 1.82) is 0 Å². The second kappa shape index (κ2) is 12.0. The van der Waals surface area contributed by atoms with Crippen molar-refractivity contribution in [2.45, 2.75) is 70.1 Å². The Balaban J connectivity index is 1.43. The van der Waals surface area contributed by atoms with Crippen LogP contribution < -0.4 is 0 Å². The van der Waals surface area contributed by atoms with Gasteiger partial charge in [-0.25, -0.2) is 0 Å². The van der Waals surface area contributed by atoms with E-state index in [0.717, 1.165) is 61.1 Å². The van der Waals surface area contributed by atoms with Crippen LogP contribution in [0.25, 0.3) is 6.08 Å². The van der Waals surface area contributed by atoms with Gasteiger partial charge in [0.05, 0.1) is 5.02 Å². The lowest BCUT2D eigenvalue weighted by Gasteiger charge is -2.23. The first-order chi connectivity index (χ1) is 16.8. The Kier molecular flexibility index (Phi) is 8.97. The molecule has 1 fully saturated rings. The summed E-state index contributed by atoms with van der Waals surface area (Å²) in [4.78, 5) is 24.3. The van der Waals surface area contributed by atoms with Gasteiger partial charge in [-0.1, -0.05) is 71.9 Å². The Bertz CT molecular complexity index is 1120. The maximum absolute atomic E-state index is 13.2. The molecule has 2 aliphatic rings. The number of aliphatic carboxylic acids is 1. The fraction of sp³-hybridized carbons (Fsp3) is 0.448. The van der Waals surface area contributed by atoms with Crippen molar-refractivity contribution < 1.29 is 14.7 Å². The number of allylic oxidation sites excluding steroid dienone is 1. The summed E-state index contributed by atoms with van der Waals surface area (Å²) in [6.07, 6.45) is 12.0. The van der Waals surface area contributed by atoms with E-state index in [0.29, 0.717) is 28.5 Å². The first kappa shape index (κ1) is 26.3. The average molecular weight is 534 g/mol. The molecule has 3 unspecified atom stereocenters. The lowest BCUT2D eigenvalue weighted by atomic mass is 9.83. The van der Waals surface area contributed by atoms with E-state index in [1.807, 2.05) is 12.1 Å². The average Bonchev–Trinajstić information content (AvgIpc) is 3.03. The van der Waals surface area contributed by atoms with E-state index in [1.165, 1.54) is 5.56 Å². The first-order valence-corrected chi connectivity index (χ1v) is 13.6. The molecule has 0 bridgehead atoms. The van der Waals surface area contributed by atoms with Crippen molar-refractivity contribution in [3.63, 3.8) is 0 Å². The molecule has 3 nitrogen and oxygen atoms in total. The van der Waals surface area contributed by atoms with Gasteiger partial charge in [0.15, 0.2) is 5.78 Å². The molecule has 186 valence electrons. The molecule has 0 aromatic heterocycles. The van der Waals surface area contributed by atoms with Crippen LogP contribution in [0.1, 0.15) is 90.8 Å². The van der Waals surface area contributed by atoms with Crippen LogP contribution in [-0.4, -0.2) is 16.9 Å². The molecule has 0 saturated heterocycles. The van der Waals surface area contributed by atoms with Crippen molar-refractivity contribution >= 4 is 52.6 Å². The molecule has 1 N–H and O–H groups in total. The van der Waals surface area contributed by atoms with Gasteiger partial charge in [-0.05, 0) is 91.2 Å². The quantitative estimate of drug-likeness (QED) is 0.272. The molecule has 0 spiro atoms. The number of hydrogen-bond donors (Lipinski definition) is 1. The predicted molar refractivity (Wildman–Crippen MR) is 144 cm³/mol. The van der Waals surface area contributed by atoms with Gasteiger partial charge in [-0.15, -0.1) is 0 Å². The first-order valence-electron chi connectivity index (χ1n) is 12.5. The van der Waals surface area contributed by atoms with Gasteiger partial charge in [-0.3, -0.25) is 9.59 Å². The maximum Gasteiger partial charge on any atom is 0.303 e. The number of Topliss-reactive ketones (excluding diaryl/α,β-unsaturated/α-hetero) is 1. The van der Waals surface area contributed by atoms with Crippen molar-refractivity contribution in [3.05, 3.63) is 73.7 Å². The maximum atomic E-state index is 13.2. The Morgan fingerprint density at radius 1 is 0.914 bits per heavy atom. The van der Waals surface area contributed by atoms with Gasteiger partial charge in [0.1, 0.15) is 0 Å². The summed E-state index contributed by atoms with van der Waals surface area (Å²) < 4.78 is 0. The van der Waals surface area contributed by atoms with Crippen LogP contribution in [0, 0.1) is 11.8 Å². The molecule has 6 heteroatoms. The smallest absolute Gasteiger partial charge is 0.303 e. The fourth-order valence-corrected chi connectivity index (χ4v) is 6.71. The van der Waals surface area contributed by atoms with E-state index in [-0.39, 0.29) is 30.0 Å². The lowest BCUT2D eigenvalue weighted by Crippen LogP contribution is -2.11. The molecule has 3 atom stereocenters. The highest BCUT2D eigenvalue weighted by atomic mass is 35.5. The number of halogens is 3. The van der Waals surface area contributed by atoms with Crippen LogP contribution in [0.4, 0.5) is 0 Å². The molecular weight excluding hydrogens is 503 g/mol. The number of carboxylic acid groups (broad SMARTS) is 1. The van der Waals surface area contributed by atoms with E-state index in [9.17, 15) is 9.59 Å². The van der Waals surface area contributed by atoms with E-state index in [2.05, 4.69) is 18.2 Å². The number of carboxylic acids is 1. The summed E-state index contributed by atoms with van der Waals surface area (Å²) in [7, 11) is 0. The topological polar surface area (TPSA) is 54.4 Å². The molecule has 2 aromatic rings. The number of ketones is 1. The van der Waals surface area contributed by atoms with Crippen LogP contribution in [0.2, 0.25) is 15.1 Å². The molecule has 0 heterocycles. The molecule has 0 amide bonds. The Hall–Kier alpha value is -1.81. The third-order valence-electron chi connectivity index (χ3n) is 7.59. The number of carbonyl (C=O) groups is 2. The molecule has 4 rings (SSSR count). The van der Waals surface area contributed by atoms with Crippen molar-refractivity contribution in [2.75, 3.05) is 0 Å². The van der Waals surface area contributed by atoms with Crippen molar-refractivity contribution in [1.82, 2.24) is 0 Å². The van der Waals surface area contributed by atoms with Gasteiger partial charge in [-0.2, -0.15) is 0 Å². The normalized spacial score (nSPS) is 21.9. The number of hydrogen-bond acceptors (Lipinski definition) is 2. The number of rotatable bonds is 8. The van der Waals surface area contributed by atoms with Crippen molar-refractivity contribution in [2.24, 2.45) is 11.8 Å². The van der Waals surface area contributed by atoms with Crippen LogP contribution in [-0.2, 0) is 11.2 Å². The van der Waals surface area contributed by atoms with Crippen molar-refractivity contribution in [3.8, 4) is 0 Å².